The third-order valence-corrected chi connectivity index (χ3v) is 3.04. The number of alkyl halides is 3. The highest BCUT2D eigenvalue weighted by molar-refractivity contribution is 8.00. The number of aliphatic carboxylic acids is 1. The standard InChI is InChI=1S/C12H11F3O3S/c1-7(6-10(16)17)11(18)8-2-4-9(5-3-8)19-12(13,14)15/h2-5,7H,6H2,1H3,(H,16,17). The fraction of sp³-hybridized carbons (Fsp3) is 0.333. The first-order valence-electron chi connectivity index (χ1n) is 5.31. The molecule has 0 aliphatic rings. The monoisotopic (exact) mass is 292 g/mol. The zero-order chi connectivity index (χ0) is 14.6. The Bertz CT molecular complexity index is 468. The van der Waals surface area contributed by atoms with Gasteiger partial charge in [0.25, 0.3) is 0 Å². The lowest BCUT2D eigenvalue weighted by Gasteiger charge is -2.09. The summed E-state index contributed by atoms with van der Waals surface area (Å²) in [6.07, 6.45) is -0.308. The highest BCUT2D eigenvalue weighted by atomic mass is 32.2. The van der Waals surface area contributed by atoms with Gasteiger partial charge < -0.3 is 5.11 Å². The van der Waals surface area contributed by atoms with E-state index in [-0.39, 0.29) is 28.6 Å². The number of benzene rings is 1. The Hall–Kier alpha value is -1.50. The molecule has 0 amide bonds. The van der Waals surface area contributed by atoms with Gasteiger partial charge in [-0.1, -0.05) is 19.1 Å². The van der Waals surface area contributed by atoms with E-state index in [1.807, 2.05) is 0 Å². The molecule has 1 atom stereocenters. The lowest BCUT2D eigenvalue weighted by molar-refractivity contribution is -0.137. The van der Waals surface area contributed by atoms with E-state index in [9.17, 15) is 22.8 Å². The molecule has 0 aliphatic carbocycles. The van der Waals surface area contributed by atoms with Gasteiger partial charge in [-0.15, -0.1) is 0 Å². The molecule has 1 rings (SSSR count). The number of carbonyl (C=O) groups is 2. The summed E-state index contributed by atoms with van der Waals surface area (Å²) in [5.74, 6) is -2.20. The average Bonchev–Trinajstić information content (AvgIpc) is 2.26. The van der Waals surface area contributed by atoms with Crippen LogP contribution in [0.3, 0.4) is 0 Å². The smallest absolute Gasteiger partial charge is 0.446 e. The molecule has 0 aromatic heterocycles. The molecule has 1 aromatic carbocycles. The lowest BCUT2D eigenvalue weighted by Crippen LogP contribution is -2.15. The molecule has 7 heteroatoms. The van der Waals surface area contributed by atoms with Crippen molar-refractivity contribution >= 4 is 23.5 Å². The fourth-order valence-corrected chi connectivity index (χ4v) is 2.00. The first-order valence-corrected chi connectivity index (χ1v) is 6.12. The van der Waals surface area contributed by atoms with E-state index in [0.717, 1.165) is 0 Å². The van der Waals surface area contributed by atoms with Gasteiger partial charge in [0.2, 0.25) is 0 Å². The molecule has 0 spiro atoms. The second-order valence-electron chi connectivity index (χ2n) is 3.94. The molecule has 0 saturated heterocycles. The molecule has 1 N–H and O–H groups in total. The maximum Gasteiger partial charge on any atom is 0.446 e. The molecule has 0 heterocycles. The van der Waals surface area contributed by atoms with Crippen LogP contribution in [0.4, 0.5) is 13.2 Å². The number of ketones is 1. The Morgan fingerprint density at radius 1 is 1.26 bits per heavy atom. The molecule has 3 nitrogen and oxygen atoms in total. The van der Waals surface area contributed by atoms with E-state index in [1.54, 1.807) is 0 Å². The molecule has 0 fully saturated rings. The van der Waals surface area contributed by atoms with Crippen LogP contribution in [0.2, 0.25) is 0 Å². The van der Waals surface area contributed by atoms with Crippen molar-refractivity contribution in [2.24, 2.45) is 5.92 Å². The van der Waals surface area contributed by atoms with Crippen molar-refractivity contribution in [1.82, 2.24) is 0 Å². The van der Waals surface area contributed by atoms with Crippen LogP contribution < -0.4 is 0 Å². The van der Waals surface area contributed by atoms with Gasteiger partial charge in [0.05, 0.1) is 6.42 Å². The molecular weight excluding hydrogens is 281 g/mol. The third-order valence-electron chi connectivity index (χ3n) is 2.30. The van der Waals surface area contributed by atoms with Crippen molar-refractivity contribution in [2.45, 2.75) is 23.7 Å². The van der Waals surface area contributed by atoms with Crippen LogP contribution in [0.25, 0.3) is 0 Å². The highest BCUT2D eigenvalue weighted by Crippen LogP contribution is 2.36. The van der Waals surface area contributed by atoms with Crippen molar-refractivity contribution in [3.8, 4) is 0 Å². The first-order chi connectivity index (χ1) is 8.69. The molecule has 0 saturated carbocycles. The summed E-state index contributed by atoms with van der Waals surface area (Å²) in [6, 6.07) is 4.93. The minimum Gasteiger partial charge on any atom is -0.481 e. The number of rotatable bonds is 5. The number of carbonyl (C=O) groups excluding carboxylic acids is 1. The Kier molecular flexibility index (Phi) is 4.99. The molecule has 104 valence electrons. The molecule has 1 unspecified atom stereocenters. The van der Waals surface area contributed by atoms with E-state index in [2.05, 4.69) is 0 Å². The summed E-state index contributed by atoms with van der Waals surface area (Å²) in [7, 11) is 0. The molecular formula is C12H11F3O3S. The molecule has 0 bridgehead atoms. The number of hydrogen-bond acceptors (Lipinski definition) is 3. The average molecular weight is 292 g/mol. The maximum atomic E-state index is 12.1. The third kappa shape index (κ3) is 5.34. The van der Waals surface area contributed by atoms with Crippen molar-refractivity contribution in [3.63, 3.8) is 0 Å². The van der Waals surface area contributed by atoms with E-state index < -0.39 is 23.2 Å². The van der Waals surface area contributed by atoms with E-state index in [1.165, 1.54) is 31.2 Å². The van der Waals surface area contributed by atoms with Gasteiger partial charge in [-0.2, -0.15) is 13.2 Å². The Labute approximate surface area is 111 Å². The van der Waals surface area contributed by atoms with E-state index in [4.69, 9.17) is 5.11 Å². The van der Waals surface area contributed by atoms with Gasteiger partial charge in [-0.25, -0.2) is 0 Å². The molecule has 1 aromatic rings. The first kappa shape index (κ1) is 15.6. The van der Waals surface area contributed by atoms with Crippen molar-refractivity contribution < 1.29 is 27.9 Å². The number of halogens is 3. The number of Topliss-reactive ketones (excluding diaryl/α,β-unsaturated/α-hetero) is 1. The zero-order valence-electron chi connectivity index (χ0n) is 9.90. The van der Waals surface area contributed by atoms with Crippen molar-refractivity contribution in [1.29, 1.82) is 0 Å². The minimum absolute atomic E-state index is 0.0186. The van der Waals surface area contributed by atoms with Crippen LogP contribution in [0.5, 0.6) is 0 Å². The summed E-state index contributed by atoms with van der Waals surface area (Å²) < 4.78 is 36.3. The molecule has 0 aliphatic heterocycles. The van der Waals surface area contributed by atoms with Crippen LogP contribution in [-0.4, -0.2) is 22.4 Å². The summed E-state index contributed by atoms with van der Waals surface area (Å²) >= 11 is -0.265. The van der Waals surface area contributed by atoms with Gasteiger partial charge >= 0.3 is 11.5 Å². The van der Waals surface area contributed by atoms with Gasteiger partial charge in [-0.3, -0.25) is 9.59 Å². The Morgan fingerprint density at radius 2 is 1.79 bits per heavy atom. The summed E-state index contributed by atoms with van der Waals surface area (Å²) in [5.41, 5.74) is -4.16. The SMILES string of the molecule is CC(CC(=O)O)C(=O)c1ccc(SC(F)(F)F)cc1. The number of hydrogen-bond donors (Lipinski definition) is 1. The van der Waals surface area contributed by atoms with Crippen LogP contribution in [0, 0.1) is 5.92 Å². The lowest BCUT2D eigenvalue weighted by atomic mass is 9.97. The summed E-state index contributed by atoms with van der Waals surface area (Å²) in [4.78, 5) is 22.2. The highest BCUT2D eigenvalue weighted by Gasteiger charge is 2.29. The van der Waals surface area contributed by atoms with Crippen LogP contribution >= 0.6 is 11.8 Å². The van der Waals surface area contributed by atoms with Gasteiger partial charge in [0.1, 0.15) is 0 Å². The number of carboxylic acids is 1. The van der Waals surface area contributed by atoms with Crippen LogP contribution in [-0.2, 0) is 4.79 Å². The van der Waals surface area contributed by atoms with Gasteiger partial charge in [-0.05, 0) is 23.9 Å². The fourth-order valence-electron chi connectivity index (χ4n) is 1.46. The second kappa shape index (κ2) is 6.10. The normalized spacial score (nSPS) is 13.1. The molecule has 0 radical (unpaired) electrons. The predicted octanol–water partition coefficient (Wildman–Crippen LogP) is 3.59. The quantitative estimate of drug-likeness (QED) is 0.665. The largest absolute Gasteiger partial charge is 0.481 e. The predicted molar refractivity (Wildman–Crippen MR) is 64.1 cm³/mol. The van der Waals surface area contributed by atoms with Crippen LogP contribution in [0.15, 0.2) is 29.2 Å². The minimum atomic E-state index is -4.37. The maximum absolute atomic E-state index is 12.1. The van der Waals surface area contributed by atoms with E-state index in [0.29, 0.717) is 0 Å². The van der Waals surface area contributed by atoms with E-state index >= 15 is 0 Å². The van der Waals surface area contributed by atoms with Crippen molar-refractivity contribution in [2.75, 3.05) is 0 Å². The second-order valence-corrected chi connectivity index (χ2v) is 5.07. The summed E-state index contributed by atoms with van der Waals surface area (Å²) in [6.45, 7) is 1.47. The number of carboxylic acid groups (broad SMARTS) is 1. The number of thioether (sulfide) groups is 1. The van der Waals surface area contributed by atoms with Crippen LogP contribution in [0.1, 0.15) is 23.7 Å². The van der Waals surface area contributed by atoms with Crippen molar-refractivity contribution in [3.05, 3.63) is 29.8 Å². The zero-order valence-corrected chi connectivity index (χ0v) is 10.7. The van der Waals surface area contributed by atoms with Gasteiger partial charge in [0, 0.05) is 16.4 Å². The summed E-state index contributed by atoms with van der Waals surface area (Å²) in [5, 5.41) is 8.57. The Balaban J connectivity index is 2.76. The molecule has 19 heavy (non-hydrogen) atoms. The van der Waals surface area contributed by atoms with Gasteiger partial charge in [0.15, 0.2) is 5.78 Å². The Morgan fingerprint density at radius 3 is 2.21 bits per heavy atom. The topological polar surface area (TPSA) is 54.4 Å².